The van der Waals surface area contributed by atoms with E-state index in [2.05, 4.69) is 36.9 Å². The Hall–Kier alpha value is -7.18. The number of aliphatic imine (C=N–C) groups is 1. The Morgan fingerprint density at radius 2 is 1.27 bits per heavy atom. The largest absolute Gasteiger partial charge is 0.508 e. The van der Waals surface area contributed by atoms with Gasteiger partial charge in [0.1, 0.15) is 53.9 Å². The van der Waals surface area contributed by atoms with Gasteiger partial charge in [-0.2, -0.15) is 0 Å². The molecule has 8 atom stereocenters. The van der Waals surface area contributed by atoms with Crippen molar-refractivity contribution in [1.29, 1.82) is 0 Å². The van der Waals surface area contributed by atoms with Crippen molar-refractivity contribution in [1.82, 2.24) is 31.9 Å². The number of aromatic hydroxyl groups is 2. The zero-order valence-corrected chi connectivity index (χ0v) is 37.8. The lowest BCUT2D eigenvalue weighted by molar-refractivity contribution is -0.157. The van der Waals surface area contributed by atoms with Gasteiger partial charge in [-0.3, -0.25) is 33.8 Å². The van der Waals surface area contributed by atoms with Gasteiger partial charge in [-0.15, -0.1) is 0 Å². The van der Waals surface area contributed by atoms with Crippen LogP contribution in [0.5, 0.6) is 11.5 Å². The third kappa shape index (κ3) is 16.1. The van der Waals surface area contributed by atoms with Crippen LogP contribution < -0.4 is 43.4 Å². The van der Waals surface area contributed by atoms with E-state index in [0.29, 0.717) is 29.5 Å². The average molecular weight is 914 g/mol. The second kappa shape index (κ2) is 25.3. The van der Waals surface area contributed by atoms with E-state index in [9.17, 15) is 43.8 Å². The normalized spacial score (nSPS) is 21.7. The minimum absolute atomic E-state index is 0.0288. The van der Waals surface area contributed by atoms with Gasteiger partial charge in [0, 0.05) is 32.2 Å². The molecule has 0 radical (unpaired) electrons. The number of nitrogens with one attached hydrogen (secondary N) is 6. The molecule has 1 aliphatic heterocycles. The first-order chi connectivity index (χ1) is 31.5. The molecule has 0 aromatic heterocycles. The number of phenolic OH excluding ortho intramolecular Hbond substituents is 2. The van der Waals surface area contributed by atoms with Crippen molar-refractivity contribution in [2.75, 3.05) is 6.54 Å². The molecule has 1 saturated heterocycles. The van der Waals surface area contributed by atoms with Crippen molar-refractivity contribution in [3.05, 3.63) is 95.6 Å². The SMILES string of the molecule is CCCC(=O)N[C@H](Cc1ccccc1)C(=O)NC1C(=O)N[C@H](Cc2ccc(O)cc2)C(=O)NC(CCCN=C(N)N)C(=O)N[C@H](Cc2ccc(O)cc2)C(=O)N[C@@H]([C@H](C)CC)C(=O)OC1C. The Bertz CT molecular complexity index is 2150. The highest BCUT2D eigenvalue weighted by atomic mass is 16.5. The molecular formula is C47H63N9O10. The minimum atomic E-state index is -1.68. The quantitative estimate of drug-likeness (QED) is 0.0391. The highest BCUT2D eigenvalue weighted by Crippen LogP contribution is 2.18. The molecule has 1 aliphatic rings. The maximum absolute atomic E-state index is 14.6. The standard InChI is InChI=1S/C47H63N9O10/c1-5-11-38(59)51-35(24-29-12-8-7-9-13-29)43(62)56-40-28(4)66-46(65)39(27(3)6-2)55-44(63)37(26-31-17-21-33(58)22-18-31)53-41(60)34(14-10-23-50-47(48)49)52-42(61)36(54-45(40)64)25-30-15-19-32(57)20-16-30/h7-9,12-13,15-22,27-28,34-37,39-40,57-58H,5-6,10-11,14,23-26H2,1-4H3,(H,51,59)(H,52,61)(H,53,60)(H,54,64)(H,55,63)(H,56,62)(H4,48,49,50)/t27-,28?,34?,35-,36-,37-,39+,40?/m1/s1. The lowest BCUT2D eigenvalue weighted by Crippen LogP contribution is -2.63. The van der Waals surface area contributed by atoms with Crippen molar-refractivity contribution >= 4 is 47.4 Å². The molecule has 356 valence electrons. The lowest BCUT2D eigenvalue weighted by atomic mass is 9.97. The fraction of sp³-hybridized carbons (Fsp3) is 0.447. The van der Waals surface area contributed by atoms with Gasteiger partial charge in [0.25, 0.3) is 0 Å². The molecule has 0 saturated carbocycles. The summed E-state index contributed by atoms with van der Waals surface area (Å²) < 4.78 is 5.92. The van der Waals surface area contributed by atoms with Crippen LogP contribution in [-0.4, -0.2) is 106 Å². The van der Waals surface area contributed by atoms with E-state index in [4.69, 9.17) is 16.2 Å². The maximum atomic E-state index is 14.6. The van der Waals surface area contributed by atoms with Gasteiger partial charge in [-0.05, 0) is 73.1 Å². The second-order valence-corrected chi connectivity index (χ2v) is 16.4. The van der Waals surface area contributed by atoms with Crippen LogP contribution in [0.3, 0.4) is 0 Å². The Morgan fingerprint density at radius 3 is 1.82 bits per heavy atom. The molecule has 19 nitrogen and oxygen atoms in total. The molecular weight excluding hydrogens is 851 g/mol. The average Bonchev–Trinajstić information content (AvgIpc) is 3.28. The molecule has 19 heteroatoms. The Labute approximate surface area is 384 Å². The van der Waals surface area contributed by atoms with Crippen molar-refractivity contribution < 1.29 is 48.5 Å². The summed E-state index contributed by atoms with van der Waals surface area (Å²) in [5, 5.41) is 36.2. The van der Waals surface area contributed by atoms with Crippen molar-refractivity contribution in [2.45, 2.75) is 121 Å². The van der Waals surface area contributed by atoms with Crippen LogP contribution in [0, 0.1) is 5.92 Å². The molecule has 6 amide bonds. The van der Waals surface area contributed by atoms with Crippen LogP contribution in [-0.2, 0) is 57.6 Å². The van der Waals surface area contributed by atoms with E-state index in [0.717, 1.165) is 0 Å². The molecule has 0 bridgehead atoms. The highest BCUT2D eigenvalue weighted by molar-refractivity contribution is 5.97. The fourth-order valence-electron chi connectivity index (χ4n) is 7.18. The molecule has 66 heavy (non-hydrogen) atoms. The number of phenols is 2. The third-order valence-electron chi connectivity index (χ3n) is 11.1. The molecule has 3 aromatic rings. The smallest absolute Gasteiger partial charge is 0.329 e. The van der Waals surface area contributed by atoms with Crippen LogP contribution in [0.15, 0.2) is 83.9 Å². The lowest BCUT2D eigenvalue weighted by Gasteiger charge is -2.32. The monoisotopic (exact) mass is 913 g/mol. The number of guanidine groups is 1. The number of ether oxygens (including phenoxy) is 1. The molecule has 1 heterocycles. The zero-order valence-electron chi connectivity index (χ0n) is 37.8. The number of nitrogens with zero attached hydrogens (tertiary/aromatic N) is 1. The molecule has 0 aliphatic carbocycles. The summed E-state index contributed by atoms with van der Waals surface area (Å²) in [5.74, 6) is -6.33. The van der Waals surface area contributed by atoms with E-state index < -0.39 is 89.7 Å². The number of amides is 6. The van der Waals surface area contributed by atoms with E-state index >= 15 is 0 Å². The van der Waals surface area contributed by atoms with Gasteiger partial charge in [-0.1, -0.05) is 81.8 Å². The van der Waals surface area contributed by atoms with E-state index in [-0.39, 0.29) is 62.5 Å². The van der Waals surface area contributed by atoms with Crippen LogP contribution in [0.1, 0.15) is 76.5 Å². The van der Waals surface area contributed by atoms with Crippen LogP contribution in [0.2, 0.25) is 0 Å². The number of hydrogen-bond donors (Lipinski definition) is 10. The molecule has 1 fully saturated rings. The second-order valence-electron chi connectivity index (χ2n) is 16.4. The molecule has 3 unspecified atom stereocenters. The first-order valence-corrected chi connectivity index (χ1v) is 22.1. The predicted molar refractivity (Wildman–Crippen MR) is 245 cm³/mol. The number of nitrogens with two attached hydrogens (primary N) is 2. The Balaban J connectivity index is 1.83. The molecule has 3 aromatic carbocycles. The van der Waals surface area contributed by atoms with Crippen molar-refractivity contribution in [2.24, 2.45) is 22.4 Å². The summed E-state index contributed by atoms with van der Waals surface area (Å²) in [4.78, 5) is 103. The topological polar surface area (TPSA) is 306 Å². The summed E-state index contributed by atoms with van der Waals surface area (Å²) in [6.45, 7) is 6.76. The first kappa shape index (κ1) is 51.5. The molecule has 0 spiro atoms. The number of carbonyl (C=O) groups excluding carboxylic acids is 7. The summed E-state index contributed by atoms with van der Waals surface area (Å²) in [6.07, 6.45) is -0.525. The zero-order chi connectivity index (χ0) is 48.3. The summed E-state index contributed by atoms with van der Waals surface area (Å²) in [7, 11) is 0. The summed E-state index contributed by atoms with van der Waals surface area (Å²) >= 11 is 0. The van der Waals surface area contributed by atoms with Gasteiger partial charge in [0.05, 0.1) is 0 Å². The summed E-state index contributed by atoms with van der Waals surface area (Å²) in [5.41, 5.74) is 12.8. The first-order valence-electron chi connectivity index (χ1n) is 22.1. The van der Waals surface area contributed by atoms with Gasteiger partial charge in [-0.25, -0.2) is 4.79 Å². The fourth-order valence-corrected chi connectivity index (χ4v) is 7.18. The molecule has 4 rings (SSSR count). The van der Waals surface area contributed by atoms with E-state index in [1.54, 1.807) is 56.3 Å². The number of carbonyl (C=O) groups is 7. The number of benzene rings is 3. The Morgan fingerprint density at radius 1 is 0.742 bits per heavy atom. The van der Waals surface area contributed by atoms with Crippen molar-refractivity contribution in [3.63, 3.8) is 0 Å². The third-order valence-corrected chi connectivity index (χ3v) is 11.1. The minimum Gasteiger partial charge on any atom is -0.508 e. The number of rotatable bonds is 17. The number of hydrogen-bond acceptors (Lipinski definition) is 11. The summed E-state index contributed by atoms with van der Waals surface area (Å²) in [6, 6.07) is 12.4. The van der Waals surface area contributed by atoms with Crippen LogP contribution in [0.25, 0.3) is 0 Å². The van der Waals surface area contributed by atoms with E-state index in [1.807, 2.05) is 6.92 Å². The number of cyclic esters (lactones) is 1. The van der Waals surface area contributed by atoms with Crippen LogP contribution >= 0.6 is 0 Å². The Kier molecular flexibility index (Phi) is 19.8. The number of esters is 1. The van der Waals surface area contributed by atoms with Gasteiger partial charge in [0.2, 0.25) is 35.4 Å². The van der Waals surface area contributed by atoms with E-state index in [1.165, 1.54) is 43.3 Å². The van der Waals surface area contributed by atoms with Crippen LogP contribution in [0.4, 0.5) is 0 Å². The van der Waals surface area contributed by atoms with Gasteiger partial charge in [0.15, 0.2) is 5.96 Å². The molecule has 12 N–H and O–H groups in total. The van der Waals surface area contributed by atoms with Gasteiger partial charge >= 0.3 is 5.97 Å². The maximum Gasteiger partial charge on any atom is 0.329 e. The van der Waals surface area contributed by atoms with Crippen molar-refractivity contribution in [3.8, 4) is 11.5 Å². The highest BCUT2D eigenvalue weighted by Gasteiger charge is 2.39. The predicted octanol–water partition coefficient (Wildman–Crippen LogP) is 0.880. The van der Waals surface area contributed by atoms with Gasteiger partial charge < -0.3 is 58.3 Å².